The SMILES string of the molecule is Cc1ccc(NC(=O)c2nnc(C3CCCN(C(=O)Nc4ccccc4Cl)C3)s2)cc1. The van der Waals surface area contributed by atoms with Crippen molar-refractivity contribution >= 4 is 46.3 Å². The third-order valence-corrected chi connectivity index (χ3v) is 6.53. The van der Waals surface area contributed by atoms with Gasteiger partial charge in [-0.25, -0.2) is 4.79 Å². The molecule has 1 aliphatic heterocycles. The predicted molar refractivity (Wildman–Crippen MR) is 123 cm³/mol. The number of urea groups is 1. The number of hydrogen-bond donors (Lipinski definition) is 2. The first kappa shape index (κ1) is 21.3. The van der Waals surface area contributed by atoms with E-state index in [4.69, 9.17) is 11.6 Å². The summed E-state index contributed by atoms with van der Waals surface area (Å²) in [5, 5.41) is 15.6. The van der Waals surface area contributed by atoms with Gasteiger partial charge in [0.2, 0.25) is 5.01 Å². The van der Waals surface area contributed by atoms with Crippen molar-refractivity contribution in [2.45, 2.75) is 25.7 Å². The third kappa shape index (κ3) is 5.21. The Morgan fingerprint density at radius 3 is 2.65 bits per heavy atom. The van der Waals surface area contributed by atoms with Crippen LogP contribution in [0.5, 0.6) is 0 Å². The summed E-state index contributed by atoms with van der Waals surface area (Å²) >= 11 is 7.42. The van der Waals surface area contributed by atoms with Crippen LogP contribution in [0.15, 0.2) is 48.5 Å². The number of amides is 3. The molecule has 3 amide bonds. The number of hydrogen-bond acceptors (Lipinski definition) is 5. The number of nitrogens with one attached hydrogen (secondary N) is 2. The number of para-hydroxylation sites is 1. The van der Waals surface area contributed by atoms with E-state index in [9.17, 15) is 9.59 Å². The first-order chi connectivity index (χ1) is 15.0. The van der Waals surface area contributed by atoms with Crippen molar-refractivity contribution in [1.82, 2.24) is 15.1 Å². The lowest BCUT2D eigenvalue weighted by Crippen LogP contribution is -2.41. The normalized spacial score (nSPS) is 16.1. The van der Waals surface area contributed by atoms with Gasteiger partial charge in [-0.05, 0) is 44.0 Å². The fourth-order valence-electron chi connectivity index (χ4n) is 3.43. The molecule has 1 fully saturated rings. The van der Waals surface area contributed by atoms with E-state index in [2.05, 4.69) is 20.8 Å². The van der Waals surface area contributed by atoms with Crippen LogP contribution in [0.1, 0.15) is 39.1 Å². The molecule has 2 heterocycles. The molecule has 0 radical (unpaired) electrons. The predicted octanol–water partition coefficient (Wildman–Crippen LogP) is 5.16. The monoisotopic (exact) mass is 455 g/mol. The first-order valence-electron chi connectivity index (χ1n) is 10.0. The highest BCUT2D eigenvalue weighted by Gasteiger charge is 2.28. The summed E-state index contributed by atoms with van der Waals surface area (Å²) in [4.78, 5) is 27.0. The topological polar surface area (TPSA) is 87.2 Å². The van der Waals surface area contributed by atoms with Crippen molar-refractivity contribution in [3.8, 4) is 0 Å². The molecule has 0 spiro atoms. The Balaban J connectivity index is 1.39. The number of anilines is 2. The molecule has 7 nitrogen and oxygen atoms in total. The molecule has 1 atom stereocenters. The van der Waals surface area contributed by atoms with Crippen LogP contribution in [0.4, 0.5) is 16.2 Å². The van der Waals surface area contributed by atoms with Gasteiger partial charge in [0.1, 0.15) is 5.01 Å². The van der Waals surface area contributed by atoms with E-state index in [1.807, 2.05) is 43.3 Å². The number of likely N-dealkylation sites (tertiary alicyclic amines) is 1. The highest BCUT2D eigenvalue weighted by molar-refractivity contribution is 7.13. The van der Waals surface area contributed by atoms with E-state index in [0.29, 0.717) is 34.5 Å². The molecular weight excluding hydrogens is 434 g/mol. The zero-order valence-corrected chi connectivity index (χ0v) is 18.5. The van der Waals surface area contributed by atoms with Gasteiger partial charge in [-0.2, -0.15) is 0 Å². The molecule has 2 N–H and O–H groups in total. The standard InChI is InChI=1S/C22H22ClN5O2S/c1-14-8-10-16(11-9-14)24-19(29)21-27-26-20(31-21)15-5-4-12-28(13-15)22(30)25-18-7-3-2-6-17(18)23/h2-3,6-11,15H,4-5,12-13H2,1H3,(H,24,29)(H,25,30). The lowest BCUT2D eigenvalue weighted by molar-refractivity contribution is 0.102. The van der Waals surface area contributed by atoms with Crippen LogP contribution in [0.25, 0.3) is 0 Å². The number of piperidine rings is 1. The third-order valence-electron chi connectivity index (χ3n) is 5.12. The van der Waals surface area contributed by atoms with Crippen molar-refractivity contribution < 1.29 is 9.59 Å². The van der Waals surface area contributed by atoms with Gasteiger partial charge in [0.15, 0.2) is 0 Å². The largest absolute Gasteiger partial charge is 0.324 e. The van der Waals surface area contributed by atoms with Crippen molar-refractivity contribution in [2.24, 2.45) is 0 Å². The van der Waals surface area contributed by atoms with Gasteiger partial charge in [0, 0.05) is 24.7 Å². The van der Waals surface area contributed by atoms with Gasteiger partial charge in [0.05, 0.1) is 10.7 Å². The molecular formula is C22H22ClN5O2S. The number of benzene rings is 2. The Morgan fingerprint density at radius 1 is 1.10 bits per heavy atom. The summed E-state index contributed by atoms with van der Waals surface area (Å²) in [5.74, 6) is -0.235. The minimum atomic E-state index is -0.281. The molecule has 1 aliphatic rings. The van der Waals surface area contributed by atoms with E-state index in [1.165, 1.54) is 11.3 Å². The molecule has 4 rings (SSSR count). The average Bonchev–Trinajstić information content (AvgIpc) is 3.28. The number of carbonyl (C=O) groups is 2. The summed E-state index contributed by atoms with van der Waals surface area (Å²) in [6, 6.07) is 14.5. The van der Waals surface area contributed by atoms with Crippen LogP contribution in [0.2, 0.25) is 5.02 Å². The molecule has 2 aromatic carbocycles. The van der Waals surface area contributed by atoms with Crippen molar-refractivity contribution in [2.75, 3.05) is 23.7 Å². The quantitative estimate of drug-likeness (QED) is 0.568. The van der Waals surface area contributed by atoms with E-state index in [-0.39, 0.29) is 17.9 Å². The van der Waals surface area contributed by atoms with Crippen LogP contribution < -0.4 is 10.6 Å². The van der Waals surface area contributed by atoms with Crippen LogP contribution in [-0.4, -0.2) is 40.1 Å². The van der Waals surface area contributed by atoms with Crippen LogP contribution in [-0.2, 0) is 0 Å². The van der Waals surface area contributed by atoms with Gasteiger partial charge < -0.3 is 15.5 Å². The zero-order chi connectivity index (χ0) is 21.8. The van der Waals surface area contributed by atoms with Gasteiger partial charge in [-0.15, -0.1) is 10.2 Å². The van der Waals surface area contributed by atoms with Crippen LogP contribution in [0, 0.1) is 6.92 Å². The second-order valence-electron chi connectivity index (χ2n) is 7.46. The van der Waals surface area contributed by atoms with E-state index in [1.54, 1.807) is 17.0 Å². The highest BCUT2D eigenvalue weighted by atomic mass is 35.5. The molecule has 9 heteroatoms. The first-order valence-corrected chi connectivity index (χ1v) is 11.2. The van der Waals surface area contributed by atoms with Crippen LogP contribution in [0.3, 0.4) is 0 Å². The van der Waals surface area contributed by atoms with E-state index in [0.717, 1.165) is 23.4 Å². The fourth-order valence-corrected chi connectivity index (χ4v) is 4.48. The number of carbonyl (C=O) groups excluding carboxylic acids is 2. The Kier molecular flexibility index (Phi) is 6.48. The number of nitrogens with zero attached hydrogens (tertiary/aromatic N) is 3. The van der Waals surface area contributed by atoms with Gasteiger partial charge >= 0.3 is 6.03 Å². The summed E-state index contributed by atoms with van der Waals surface area (Å²) in [6.07, 6.45) is 1.75. The van der Waals surface area contributed by atoms with Gasteiger partial charge in [-0.1, -0.05) is 52.8 Å². The summed E-state index contributed by atoms with van der Waals surface area (Å²) in [7, 11) is 0. The molecule has 160 valence electrons. The van der Waals surface area contributed by atoms with Gasteiger partial charge in [-0.3, -0.25) is 4.79 Å². The van der Waals surface area contributed by atoms with E-state index >= 15 is 0 Å². The zero-order valence-electron chi connectivity index (χ0n) is 17.0. The number of rotatable bonds is 4. The summed E-state index contributed by atoms with van der Waals surface area (Å²) in [5.41, 5.74) is 2.42. The molecule has 3 aromatic rings. The lowest BCUT2D eigenvalue weighted by Gasteiger charge is -2.31. The Hall–Kier alpha value is -2.97. The Bertz CT molecular complexity index is 1090. The van der Waals surface area contributed by atoms with Crippen molar-refractivity contribution in [3.05, 3.63) is 69.1 Å². The molecule has 0 aliphatic carbocycles. The fraction of sp³-hybridized carbons (Fsp3) is 0.273. The molecule has 0 bridgehead atoms. The molecule has 0 saturated carbocycles. The Labute approximate surface area is 189 Å². The number of aromatic nitrogens is 2. The number of aryl methyl sites for hydroxylation is 1. The molecule has 1 saturated heterocycles. The molecule has 1 unspecified atom stereocenters. The second kappa shape index (κ2) is 9.45. The Morgan fingerprint density at radius 2 is 1.87 bits per heavy atom. The number of halogens is 1. The smallest absolute Gasteiger partial charge is 0.321 e. The molecule has 1 aromatic heterocycles. The summed E-state index contributed by atoms with van der Waals surface area (Å²) < 4.78 is 0. The maximum atomic E-state index is 12.7. The minimum absolute atomic E-state index is 0.0455. The second-order valence-corrected chi connectivity index (χ2v) is 8.88. The molecule has 31 heavy (non-hydrogen) atoms. The maximum absolute atomic E-state index is 12.7. The van der Waals surface area contributed by atoms with Crippen molar-refractivity contribution in [1.29, 1.82) is 0 Å². The highest BCUT2D eigenvalue weighted by Crippen LogP contribution is 2.30. The average molecular weight is 456 g/mol. The van der Waals surface area contributed by atoms with Gasteiger partial charge in [0.25, 0.3) is 5.91 Å². The van der Waals surface area contributed by atoms with Crippen molar-refractivity contribution in [3.63, 3.8) is 0 Å². The summed E-state index contributed by atoms with van der Waals surface area (Å²) in [6.45, 7) is 3.17. The van der Waals surface area contributed by atoms with Crippen LogP contribution >= 0.6 is 22.9 Å². The lowest BCUT2D eigenvalue weighted by atomic mass is 9.99. The van der Waals surface area contributed by atoms with E-state index < -0.39 is 0 Å². The minimum Gasteiger partial charge on any atom is -0.324 e. The maximum Gasteiger partial charge on any atom is 0.321 e.